The van der Waals surface area contributed by atoms with Crippen molar-refractivity contribution < 1.29 is 9.53 Å². The first-order chi connectivity index (χ1) is 9.69. The van der Waals surface area contributed by atoms with Crippen LogP contribution in [0, 0.1) is 5.92 Å². The van der Waals surface area contributed by atoms with E-state index in [4.69, 9.17) is 10.5 Å². The van der Waals surface area contributed by atoms with Crippen molar-refractivity contribution in [2.24, 2.45) is 5.92 Å². The van der Waals surface area contributed by atoms with Gasteiger partial charge in [0.2, 0.25) is 0 Å². The van der Waals surface area contributed by atoms with Gasteiger partial charge in [0.1, 0.15) is 6.10 Å². The quantitative estimate of drug-likeness (QED) is 0.658. The van der Waals surface area contributed by atoms with E-state index in [1.165, 1.54) is 19.3 Å². The first-order valence-electron chi connectivity index (χ1n) is 7.73. The number of hydrogen-bond acceptors (Lipinski definition) is 3. The predicted octanol–water partition coefficient (Wildman–Crippen LogP) is 3.71. The highest BCUT2D eigenvalue weighted by atomic mass is 16.5. The third kappa shape index (κ3) is 4.26. The SMILES string of the molecule is CCC1CCCCC1OC(=O)CCc1ccc(N)cc1. The summed E-state index contributed by atoms with van der Waals surface area (Å²) in [5.74, 6) is 0.497. The molecule has 110 valence electrons. The number of nitrogens with two attached hydrogens (primary N) is 1. The van der Waals surface area contributed by atoms with Crippen molar-refractivity contribution in [1.29, 1.82) is 0 Å². The van der Waals surface area contributed by atoms with Gasteiger partial charge in [0, 0.05) is 12.1 Å². The first kappa shape index (κ1) is 14.9. The number of hydrogen-bond donors (Lipinski definition) is 1. The molecule has 20 heavy (non-hydrogen) atoms. The third-order valence-corrected chi connectivity index (χ3v) is 4.24. The van der Waals surface area contributed by atoms with E-state index in [9.17, 15) is 4.79 Å². The zero-order valence-corrected chi connectivity index (χ0v) is 12.3. The van der Waals surface area contributed by atoms with E-state index < -0.39 is 0 Å². The summed E-state index contributed by atoms with van der Waals surface area (Å²) in [6, 6.07) is 7.68. The fraction of sp³-hybridized carbons (Fsp3) is 0.588. The topological polar surface area (TPSA) is 52.3 Å². The molecule has 0 saturated heterocycles. The van der Waals surface area contributed by atoms with Crippen molar-refractivity contribution in [3.8, 4) is 0 Å². The maximum Gasteiger partial charge on any atom is 0.306 e. The Balaban J connectivity index is 1.78. The van der Waals surface area contributed by atoms with Gasteiger partial charge >= 0.3 is 5.97 Å². The van der Waals surface area contributed by atoms with E-state index in [-0.39, 0.29) is 12.1 Å². The highest BCUT2D eigenvalue weighted by Gasteiger charge is 2.26. The Morgan fingerprint density at radius 3 is 2.65 bits per heavy atom. The number of esters is 1. The van der Waals surface area contributed by atoms with Gasteiger partial charge in [-0.15, -0.1) is 0 Å². The molecule has 0 aromatic heterocycles. The van der Waals surface area contributed by atoms with Crippen LogP contribution in [-0.2, 0) is 16.0 Å². The van der Waals surface area contributed by atoms with E-state index in [2.05, 4.69) is 6.92 Å². The molecule has 0 amide bonds. The molecular weight excluding hydrogens is 250 g/mol. The van der Waals surface area contributed by atoms with Gasteiger partial charge in [-0.25, -0.2) is 0 Å². The maximum atomic E-state index is 12.0. The Hall–Kier alpha value is -1.51. The number of carbonyl (C=O) groups is 1. The Bertz CT molecular complexity index is 427. The van der Waals surface area contributed by atoms with Gasteiger partial charge in [0.15, 0.2) is 0 Å². The second-order valence-electron chi connectivity index (χ2n) is 5.72. The second kappa shape index (κ2) is 7.32. The molecule has 0 bridgehead atoms. The Morgan fingerprint density at radius 1 is 1.25 bits per heavy atom. The molecule has 2 atom stereocenters. The molecule has 0 spiro atoms. The van der Waals surface area contributed by atoms with Gasteiger partial charge in [-0.3, -0.25) is 4.79 Å². The van der Waals surface area contributed by atoms with Crippen LogP contribution < -0.4 is 5.73 Å². The monoisotopic (exact) mass is 275 g/mol. The average molecular weight is 275 g/mol. The van der Waals surface area contributed by atoms with Crippen molar-refractivity contribution in [3.63, 3.8) is 0 Å². The standard InChI is InChI=1S/C17H25NO2/c1-2-14-5-3-4-6-16(14)20-17(19)12-9-13-7-10-15(18)11-8-13/h7-8,10-11,14,16H,2-6,9,12,18H2,1H3. The van der Waals surface area contributed by atoms with E-state index in [1.54, 1.807) is 0 Å². The third-order valence-electron chi connectivity index (χ3n) is 4.24. The molecule has 1 aliphatic carbocycles. The van der Waals surface area contributed by atoms with Gasteiger partial charge < -0.3 is 10.5 Å². The van der Waals surface area contributed by atoms with E-state index in [0.29, 0.717) is 12.3 Å². The zero-order valence-electron chi connectivity index (χ0n) is 12.3. The van der Waals surface area contributed by atoms with Gasteiger partial charge in [-0.05, 0) is 55.7 Å². The van der Waals surface area contributed by atoms with Gasteiger partial charge in [-0.2, -0.15) is 0 Å². The van der Waals surface area contributed by atoms with Gasteiger partial charge in [0.25, 0.3) is 0 Å². The average Bonchev–Trinajstić information content (AvgIpc) is 2.47. The molecule has 2 unspecified atom stereocenters. The second-order valence-corrected chi connectivity index (χ2v) is 5.72. The molecule has 0 radical (unpaired) electrons. The minimum Gasteiger partial charge on any atom is -0.462 e. The van der Waals surface area contributed by atoms with Crippen molar-refractivity contribution in [2.45, 2.75) is 58.0 Å². The van der Waals surface area contributed by atoms with Crippen molar-refractivity contribution in [1.82, 2.24) is 0 Å². The summed E-state index contributed by atoms with van der Waals surface area (Å²) in [7, 11) is 0. The van der Waals surface area contributed by atoms with Crippen LogP contribution >= 0.6 is 0 Å². The molecule has 1 fully saturated rings. The molecule has 1 aromatic rings. The molecular formula is C17H25NO2. The number of nitrogen functional groups attached to an aromatic ring is 1. The number of benzene rings is 1. The van der Waals surface area contributed by atoms with E-state index in [1.807, 2.05) is 24.3 Å². The number of carbonyl (C=O) groups excluding carboxylic acids is 1. The first-order valence-corrected chi connectivity index (χ1v) is 7.73. The van der Waals surface area contributed by atoms with E-state index in [0.717, 1.165) is 30.5 Å². The van der Waals surface area contributed by atoms with Crippen LogP contribution in [0.2, 0.25) is 0 Å². The molecule has 1 saturated carbocycles. The summed E-state index contributed by atoms with van der Waals surface area (Å²) < 4.78 is 5.68. The molecule has 1 aromatic carbocycles. The zero-order chi connectivity index (χ0) is 14.4. The summed E-state index contributed by atoms with van der Waals surface area (Å²) in [6.45, 7) is 2.19. The molecule has 3 nitrogen and oxygen atoms in total. The minimum atomic E-state index is -0.0628. The lowest BCUT2D eigenvalue weighted by Crippen LogP contribution is -2.29. The van der Waals surface area contributed by atoms with Crippen LogP contribution in [-0.4, -0.2) is 12.1 Å². The van der Waals surface area contributed by atoms with Crippen LogP contribution in [0.15, 0.2) is 24.3 Å². The molecule has 0 aliphatic heterocycles. The van der Waals surface area contributed by atoms with Crippen LogP contribution in [0.5, 0.6) is 0 Å². The minimum absolute atomic E-state index is 0.0628. The van der Waals surface area contributed by atoms with Crippen LogP contribution in [0.1, 0.15) is 51.0 Å². The van der Waals surface area contributed by atoms with Gasteiger partial charge in [0.05, 0.1) is 0 Å². The Kier molecular flexibility index (Phi) is 5.45. The van der Waals surface area contributed by atoms with Crippen LogP contribution in [0.25, 0.3) is 0 Å². The molecule has 2 rings (SSSR count). The molecule has 0 heterocycles. The fourth-order valence-corrected chi connectivity index (χ4v) is 2.95. The number of rotatable bonds is 5. The maximum absolute atomic E-state index is 12.0. The lowest BCUT2D eigenvalue weighted by molar-refractivity contribution is -0.153. The van der Waals surface area contributed by atoms with Crippen LogP contribution in [0.3, 0.4) is 0 Å². The largest absolute Gasteiger partial charge is 0.462 e. The predicted molar refractivity (Wildman–Crippen MR) is 81.3 cm³/mol. The summed E-state index contributed by atoms with van der Waals surface area (Å²) in [5, 5.41) is 0. The lowest BCUT2D eigenvalue weighted by atomic mass is 9.85. The summed E-state index contributed by atoms with van der Waals surface area (Å²) in [4.78, 5) is 12.0. The summed E-state index contributed by atoms with van der Waals surface area (Å²) in [5.41, 5.74) is 7.53. The normalized spacial score (nSPS) is 22.4. The Labute approximate surface area is 121 Å². The molecule has 2 N–H and O–H groups in total. The summed E-state index contributed by atoms with van der Waals surface area (Å²) in [6.07, 6.45) is 7.13. The van der Waals surface area contributed by atoms with Crippen LogP contribution in [0.4, 0.5) is 5.69 Å². The van der Waals surface area contributed by atoms with Crippen molar-refractivity contribution in [3.05, 3.63) is 29.8 Å². The summed E-state index contributed by atoms with van der Waals surface area (Å²) >= 11 is 0. The highest BCUT2D eigenvalue weighted by molar-refractivity contribution is 5.70. The fourth-order valence-electron chi connectivity index (χ4n) is 2.95. The lowest BCUT2D eigenvalue weighted by Gasteiger charge is -2.30. The number of aryl methyl sites for hydroxylation is 1. The molecule has 1 aliphatic rings. The highest BCUT2D eigenvalue weighted by Crippen LogP contribution is 2.29. The number of anilines is 1. The smallest absolute Gasteiger partial charge is 0.306 e. The van der Waals surface area contributed by atoms with E-state index >= 15 is 0 Å². The van der Waals surface area contributed by atoms with Crippen molar-refractivity contribution in [2.75, 3.05) is 5.73 Å². The molecule has 3 heteroatoms. The van der Waals surface area contributed by atoms with Crippen molar-refractivity contribution >= 4 is 11.7 Å². The van der Waals surface area contributed by atoms with Gasteiger partial charge in [-0.1, -0.05) is 25.5 Å². The number of ether oxygens (including phenoxy) is 1. The Morgan fingerprint density at radius 2 is 1.95 bits per heavy atom.